The van der Waals surface area contributed by atoms with Crippen molar-refractivity contribution in [3.05, 3.63) is 0 Å². The summed E-state index contributed by atoms with van der Waals surface area (Å²) in [6.07, 6.45) is 0. The van der Waals surface area contributed by atoms with E-state index >= 15 is 0 Å². The summed E-state index contributed by atoms with van der Waals surface area (Å²) in [6, 6.07) is 0. The average molecular weight is 168 g/mol. The Morgan fingerprint density at radius 1 is 1.25 bits per heavy atom. The van der Waals surface area contributed by atoms with Gasteiger partial charge in [-0.1, -0.05) is 0 Å². The molecule has 0 saturated heterocycles. The monoisotopic (exact) mass is 167 g/mol. The number of aliphatic hydroxyl groups is 1. The van der Waals surface area contributed by atoms with Crippen molar-refractivity contribution in [2.24, 2.45) is 0 Å². The zero-order valence-electron chi connectivity index (χ0n) is 5.61. The molecule has 0 rings (SSSR count). The SMILES string of the molecule is C[N+](C)(C)CCO.[Cu]. The minimum atomic E-state index is 0. The van der Waals surface area contributed by atoms with Crippen molar-refractivity contribution in [2.45, 2.75) is 0 Å². The maximum atomic E-state index is 8.39. The molecule has 0 saturated carbocycles. The van der Waals surface area contributed by atoms with Crippen LogP contribution in [0, 0.1) is 0 Å². The molecule has 0 aliphatic heterocycles. The molecule has 2 nitrogen and oxygen atoms in total. The van der Waals surface area contributed by atoms with Crippen molar-refractivity contribution >= 4 is 0 Å². The molecule has 0 aromatic rings. The van der Waals surface area contributed by atoms with Crippen LogP contribution in [0.3, 0.4) is 0 Å². The topological polar surface area (TPSA) is 20.2 Å². The van der Waals surface area contributed by atoms with Gasteiger partial charge in [0.1, 0.15) is 6.54 Å². The van der Waals surface area contributed by atoms with Crippen molar-refractivity contribution in [1.29, 1.82) is 0 Å². The number of likely N-dealkylation sites (N-methyl/N-ethyl adjacent to an activating group) is 1. The van der Waals surface area contributed by atoms with E-state index in [0.717, 1.165) is 11.0 Å². The second kappa shape index (κ2) is 4.33. The first-order valence-corrected chi connectivity index (χ1v) is 2.47. The van der Waals surface area contributed by atoms with Gasteiger partial charge in [0, 0.05) is 17.1 Å². The summed E-state index contributed by atoms with van der Waals surface area (Å²) in [4.78, 5) is 0. The molecule has 0 aromatic carbocycles. The molecule has 0 spiro atoms. The molecular formula is C5H14CuNO+. The molecule has 1 N–H and O–H groups in total. The standard InChI is InChI=1S/C5H14NO.Cu/c1-6(2,3)4-5-7;/h7H,4-5H2,1-3H3;/q+1;. The average Bonchev–Trinajstić information content (AvgIpc) is 1.30. The van der Waals surface area contributed by atoms with Gasteiger partial charge >= 0.3 is 0 Å². The summed E-state index contributed by atoms with van der Waals surface area (Å²) in [5.41, 5.74) is 0. The molecule has 0 bridgehead atoms. The summed E-state index contributed by atoms with van der Waals surface area (Å²) < 4.78 is 0.844. The first-order valence-electron chi connectivity index (χ1n) is 2.47. The third kappa shape index (κ3) is 9.67. The second-order valence-corrected chi connectivity index (χ2v) is 2.74. The largest absolute Gasteiger partial charge is 0.391 e. The summed E-state index contributed by atoms with van der Waals surface area (Å²) in [5, 5.41) is 8.39. The molecule has 0 aliphatic rings. The van der Waals surface area contributed by atoms with Gasteiger partial charge in [0.15, 0.2) is 0 Å². The summed E-state index contributed by atoms with van der Waals surface area (Å²) in [5.74, 6) is 0. The first kappa shape index (κ1) is 11.3. The zero-order chi connectivity index (χ0) is 5.91. The number of quaternary nitrogens is 1. The fraction of sp³-hybridized carbons (Fsp3) is 1.00. The zero-order valence-corrected chi connectivity index (χ0v) is 6.55. The van der Waals surface area contributed by atoms with Crippen LogP contribution in [-0.4, -0.2) is 43.9 Å². The molecule has 3 heteroatoms. The van der Waals surface area contributed by atoms with Crippen LogP contribution >= 0.6 is 0 Å². The fourth-order valence-corrected chi connectivity index (χ4v) is 0.300. The van der Waals surface area contributed by atoms with Crippen LogP contribution in [0.15, 0.2) is 0 Å². The van der Waals surface area contributed by atoms with E-state index in [4.69, 9.17) is 5.11 Å². The number of aliphatic hydroxyl groups excluding tert-OH is 1. The van der Waals surface area contributed by atoms with E-state index < -0.39 is 0 Å². The van der Waals surface area contributed by atoms with Gasteiger partial charge in [-0.2, -0.15) is 0 Å². The third-order valence-electron chi connectivity index (χ3n) is 0.771. The Morgan fingerprint density at radius 2 is 1.62 bits per heavy atom. The second-order valence-electron chi connectivity index (χ2n) is 2.74. The quantitative estimate of drug-likeness (QED) is 0.442. The minimum absolute atomic E-state index is 0. The van der Waals surface area contributed by atoms with Crippen molar-refractivity contribution < 1.29 is 26.7 Å². The number of nitrogens with zero attached hydrogens (tertiary/aromatic N) is 1. The molecule has 0 heterocycles. The van der Waals surface area contributed by atoms with Crippen LogP contribution in [0.4, 0.5) is 0 Å². The summed E-state index contributed by atoms with van der Waals surface area (Å²) in [7, 11) is 6.16. The van der Waals surface area contributed by atoms with Gasteiger partial charge in [0.25, 0.3) is 0 Å². The van der Waals surface area contributed by atoms with E-state index in [1.165, 1.54) is 0 Å². The maximum Gasteiger partial charge on any atom is 0.101 e. The van der Waals surface area contributed by atoms with Gasteiger partial charge in [0.05, 0.1) is 27.7 Å². The van der Waals surface area contributed by atoms with Gasteiger partial charge in [0.2, 0.25) is 0 Å². The van der Waals surface area contributed by atoms with Gasteiger partial charge in [-0.25, -0.2) is 0 Å². The number of hydrogen-bond acceptors (Lipinski definition) is 1. The molecule has 1 radical (unpaired) electrons. The van der Waals surface area contributed by atoms with E-state index in [1.54, 1.807) is 0 Å². The summed E-state index contributed by atoms with van der Waals surface area (Å²) >= 11 is 0. The van der Waals surface area contributed by atoms with Crippen LogP contribution in [-0.2, 0) is 17.1 Å². The van der Waals surface area contributed by atoms with Crippen LogP contribution in [0.1, 0.15) is 0 Å². The Hall–Kier alpha value is 0.439. The molecule has 0 amide bonds. The molecule has 55 valence electrons. The molecule has 0 aromatic heterocycles. The molecule has 8 heavy (non-hydrogen) atoms. The van der Waals surface area contributed by atoms with Gasteiger partial charge < -0.3 is 9.59 Å². The minimum Gasteiger partial charge on any atom is -0.391 e. The molecular weight excluding hydrogens is 154 g/mol. The van der Waals surface area contributed by atoms with Gasteiger partial charge in [-0.15, -0.1) is 0 Å². The predicted molar refractivity (Wildman–Crippen MR) is 30.0 cm³/mol. The van der Waals surface area contributed by atoms with Crippen LogP contribution in [0.25, 0.3) is 0 Å². The smallest absolute Gasteiger partial charge is 0.101 e. The molecule has 0 fully saturated rings. The van der Waals surface area contributed by atoms with E-state index in [9.17, 15) is 0 Å². The first-order chi connectivity index (χ1) is 3.06. The molecule has 0 aliphatic carbocycles. The number of rotatable bonds is 2. The van der Waals surface area contributed by atoms with Crippen LogP contribution < -0.4 is 0 Å². The van der Waals surface area contributed by atoms with Crippen molar-refractivity contribution in [3.63, 3.8) is 0 Å². The van der Waals surface area contributed by atoms with Crippen molar-refractivity contribution in [3.8, 4) is 0 Å². The van der Waals surface area contributed by atoms with E-state index in [0.29, 0.717) is 0 Å². The van der Waals surface area contributed by atoms with E-state index in [1.807, 2.05) is 0 Å². The Bertz CT molecular complexity index is 50.9. The maximum absolute atomic E-state index is 8.39. The summed E-state index contributed by atoms with van der Waals surface area (Å²) in [6.45, 7) is 1.11. The van der Waals surface area contributed by atoms with Crippen LogP contribution in [0.5, 0.6) is 0 Å². The fourth-order valence-electron chi connectivity index (χ4n) is 0.300. The Morgan fingerprint density at radius 3 is 1.62 bits per heavy atom. The molecule has 0 atom stereocenters. The third-order valence-corrected chi connectivity index (χ3v) is 0.771. The molecule has 0 unspecified atom stereocenters. The van der Waals surface area contributed by atoms with E-state index in [-0.39, 0.29) is 23.7 Å². The van der Waals surface area contributed by atoms with E-state index in [2.05, 4.69) is 21.1 Å². The Labute approximate surface area is 61.6 Å². The van der Waals surface area contributed by atoms with Crippen LogP contribution in [0.2, 0.25) is 0 Å². The van der Waals surface area contributed by atoms with Gasteiger partial charge in [-0.3, -0.25) is 0 Å². The predicted octanol–water partition coefficient (Wildman–Crippen LogP) is -0.318. The Balaban J connectivity index is 0. The van der Waals surface area contributed by atoms with Crippen molar-refractivity contribution in [2.75, 3.05) is 34.3 Å². The Kier molecular flexibility index (Phi) is 6.10. The normalized spacial score (nSPS) is 10.5. The number of hydrogen-bond donors (Lipinski definition) is 1. The van der Waals surface area contributed by atoms with Gasteiger partial charge in [-0.05, 0) is 0 Å². The van der Waals surface area contributed by atoms with Crippen molar-refractivity contribution in [1.82, 2.24) is 0 Å².